The molecule has 0 spiro atoms. The summed E-state index contributed by atoms with van der Waals surface area (Å²) in [6.07, 6.45) is 3.44. The van der Waals surface area contributed by atoms with Gasteiger partial charge >= 0.3 is 0 Å². The second-order valence-corrected chi connectivity index (χ2v) is 12.5. The summed E-state index contributed by atoms with van der Waals surface area (Å²) in [5.74, 6) is -3.57. The predicted molar refractivity (Wildman–Crippen MR) is 162 cm³/mol. The molecule has 1 aromatic heterocycles. The largest absolute Gasteiger partial charge is 0.437 e. The molecule has 0 bridgehead atoms. The Morgan fingerprint density at radius 3 is 2.45 bits per heavy atom. The van der Waals surface area contributed by atoms with Crippen molar-refractivity contribution < 1.29 is 23.4 Å². The lowest BCUT2D eigenvalue weighted by Gasteiger charge is -2.42. The number of anilines is 1. The number of benzene rings is 2. The van der Waals surface area contributed by atoms with Gasteiger partial charge < -0.3 is 25.8 Å². The van der Waals surface area contributed by atoms with Crippen molar-refractivity contribution in [3.8, 4) is 11.6 Å². The van der Waals surface area contributed by atoms with Crippen LogP contribution in [0, 0.1) is 5.92 Å². The Labute approximate surface area is 255 Å². The number of halogens is 2. The summed E-state index contributed by atoms with van der Waals surface area (Å²) < 4.78 is 35.8. The van der Waals surface area contributed by atoms with Gasteiger partial charge in [0.25, 0.3) is 5.56 Å². The van der Waals surface area contributed by atoms with Crippen LogP contribution < -0.4 is 21.3 Å². The second kappa shape index (κ2) is 12.3. The lowest BCUT2D eigenvalue weighted by Crippen LogP contribution is -2.52. The molecular weight excluding hydrogens is 568 g/mol. The molecule has 3 aliphatic rings. The SMILES string of the molecule is Nc1c(Oc2ccc(C3CCCN3)cc2)ncn(CC2(O)CCN(C(=O)[C@@H]3CCC(F)(F)C[C@H]3c3ccccc3)CC2)c1=O. The monoisotopic (exact) mass is 607 g/mol. The third-order valence-corrected chi connectivity index (χ3v) is 9.43. The molecule has 1 saturated carbocycles. The van der Waals surface area contributed by atoms with Gasteiger partial charge in [0.05, 0.1) is 12.1 Å². The smallest absolute Gasteiger partial charge is 0.280 e. The number of hydrogen-bond acceptors (Lipinski definition) is 7. The summed E-state index contributed by atoms with van der Waals surface area (Å²) in [6.45, 7) is 1.48. The minimum absolute atomic E-state index is 0.00331. The van der Waals surface area contributed by atoms with Crippen molar-refractivity contribution in [2.24, 2.45) is 5.92 Å². The Bertz CT molecular complexity index is 1520. The first kappa shape index (κ1) is 30.2. The lowest BCUT2D eigenvalue weighted by molar-refractivity contribution is -0.145. The normalized spacial score (nSPS) is 24.6. The fourth-order valence-corrected chi connectivity index (χ4v) is 6.87. The van der Waals surface area contributed by atoms with Gasteiger partial charge in [-0.3, -0.25) is 14.2 Å². The summed E-state index contributed by atoms with van der Waals surface area (Å²) in [6, 6.07) is 17.0. The minimum Gasteiger partial charge on any atom is -0.437 e. The molecule has 1 amide bonds. The zero-order chi connectivity index (χ0) is 30.9. The number of hydrogen-bond donors (Lipinski definition) is 3. The highest BCUT2D eigenvalue weighted by Crippen LogP contribution is 2.46. The van der Waals surface area contributed by atoms with E-state index in [4.69, 9.17) is 10.5 Å². The standard InChI is InChI=1S/C33H39F2N5O4/c34-33(35)13-12-25(26(19-33)22-5-2-1-3-6-22)30(41)39-17-14-32(43,15-18-39)20-40-21-38-29(28(36)31(40)42)44-24-10-8-23(9-11-24)27-7-4-16-37-27/h1-3,5-6,8-11,21,25-27,37,43H,4,7,12-20,36H2/t25-,26+,27?/m1/s1. The van der Waals surface area contributed by atoms with E-state index in [1.807, 2.05) is 30.3 Å². The van der Waals surface area contributed by atoms with Gasteiger partial charge in [0.2, 0.25) is 17.7 Å². The molecule has 9 nitrogen and oxygen atoms in total. The maximum Gasteiger partial charge on any atom is 0.280 e. The first-order valence-corrected chi connectivity index (χ1v) is 15.4. The number of piperidine rings is 1. The van der Waals surface area contributed by atoms with Crippen molar-refractivity contribution in [2.75, 3.05) is 25.4 Å². The molecule has 44 heavy (non-hydrogen) atoms. The predicted octanol–water partition coefficient (Wildman–Crippen LogP) is 4.62. The maximum atomic E-state index is 14.4. The molecule has 3 fully saturated rings. The second-order valence-electron chi connectivity index (χ2n) is 12.5. The summed E-state index contributed by atoms with van der Waals surface area (Å²) in [4.78, 5) is 32.6. The van der Waals surface area contributed by atoms with E-state index in [1.54, 1.807) is 29.2 Å². The average Bonchev–Trinajstić information content (AvgIpc) is 3.57. The Kier molecular flexibility index (Phi) is 8.43. The van der Waals surface area contributed by atoms with E-state index in [1.165, 1.54) is 16.5 Å². The van der Waals surface area contributed by atoms with Crippen LogP contribution in [0.15, 0.2) is 65.7 Å². The highest BCUT2D eigenvalue weighted by atomic mass is 19.3. The average molecular weight is 608 g/mol. The number of carbonyl (C=O) groups excluding carboxylic acids is 1. The zero-order valence-corrected chi connectivity index (χ0v) is 24.6. The van der Waals surface area contributed by atoms with Gasteiger partial charge in [0.1, 0.15) is 12.1 Å². The van der Waals surface area contributed by atoms with Crippen LogP contribution in [0.5, 0.6) is 11.6 Å². The number of likely N-dealkylation sites (tertiary alicyclic amines) is 1. The zero-order valence-electron chi connectivity index (χ0n) is 24.6. The third kappa shape index (κ3) is 6.49. The molecule has 6 rings (SSSR count). The molecule has 4 N–H and O–H groups in total. The number of aliphatic hydroxyl groups is 1. The fourth-order valence-electron chi connectivity index (χ4n) is 6.87. The Morgan fingerprint density at radius 1 is 1.05 bits per heavy atom. The lowest BCUT2D eigenvalue weighted by atomic mass is 9.73. The Hall–Kier alpha value is -3.83. The molecule has 2 aliphatic heterocycles. The number of nitrogens with zero attached hydrogens (tertiary/aromatic N) is 3. The summed E-state index contributed by atoms with van der Waals surface area (Å²) in [5, 5.41) is 14.8. The van der Waals surface area contributed by atoms with Crippen molar-refractivity contribution >= 4 is 11.6 Å². The molecule has 3 aromatic rings. The van der Waals surface area contributed by atoms with E-state index < -0.39 is 28.9 Å². The fraction of sp³-hybridized carbons (Fsp3) is 0.485. The van der Waals surface area contributed by atoms with Crippen LogP contribution >= 0.6 is 0 Å². The molecule has 2 aromatic carbocycles. The van der Waals surface area contributed by atoms with Gasteiger partial charge in [0.15, 0.2) is 5.69 Å². The first-order chi connectivity index (χ1) is 21.1. The molecule has 3 atom stereocenters. The molecule has 1 aliphatic carbocycles. The maximum absolute atomic E-state index is 14.4. The van der Waals surface area contributed by atoms with Crippen molar-refractivity contribution in [3.63, 3.8) is 0 Å². The van der Waals surface area contributed by atoms with Gasteiger partial charge in [0, 0.05) is 43.8 Å². The van der Waals surface area contributed by atoms with Crippen LogP contribution in [0.25, 0.3) is 0 Å². The van der Waals surface area contributed by atoms with Crippen molar-refractivity contribution in [1.29, 1.82) is 0 Å². The number of ether oxygens (including phenoxy) is 1. The molecule has 234 valence electrons. The topological polar surface area (TPSA) is 123 Å². The van der Waals surface area contributed by atoms with Gasteiger partial charge in [-0.2, -0.15) is 0 Å². The van der Waals surface area contributed by atoms with Crippen molar-refractivity contribution in [2.45, 2.75) is 75.0 Å². The van der Waals surface area contributed by atoms with E-state index >= 15 is 0 Å². The molecular formula is C33H39F2N5O4. The van der Waals surface area contributed by atoms with E-state index in [0.717, 1.165) is 24.9 Å². The van der Waals surface area contributed by atoms with E-state index in [2.05, 4.69) is 10.3 Å². The number of amides is 1. The Morgan fingerprint density at radius 2 is 1.77 bits per heavy atom. The molecule has 1 unspecified atom stereocenters. The highest BCUT2D eigenvalue weighted by molar-refractivity contribution is 5.80. The highest BCUT2D eigenvalue weighted by Gasteiger charge is 2.46. The quantitative estimate of drug-likeness (QED) is 0.358. The molecule has 11 heteroatoms. The van der Waals surface area contributed by atoms with Crippen molar-refractivity contribution in [1.82, 2.24) is 19.8 Å². The number of nitrogen functional groups attached to an aromatic ring is 1. The summed E-state index contributed by atoms with van der Waals surface area (Å²) in [7, 11) is 0. The number of nitrogens with one attached hydrogen (secondary N) is 1. The van der Waals surface area contributed by atoms with Gasteiger partial charge in [-0.15, -0.1) is 0 Å². The third-order valence-electron chi connectivity index (χ3n) is 9.43. The van der Waals surface area contributed by atoms with Crippen molar-refractivity contribution in [3.05, 3.63) is 82.4 Å². The van der Waals surface area contributed by atoms with E-state index in [0.29, 0.717) is 11.8 Å². The number of aromatic nitrogens is 2. The van der Waals surface area contributed by atoms with Gasteiger partial charge in [-0.1, -0.05) is 42.5 Å². The number of rotatable bonds is 7. The summed E-state index contributed by atoms with van der Waals surface area (Å²) in [5.41, 5.74) is 6.08. The van der Waals surface area contributed by atoms with Crippen LogP contribution in [0.3, 0.4) is 0 Å². The van der Waals surface area contributed by atoms with Gasteiger partial charge in [-0.05, 0) is 61.9 Å². The van der Waals surface area contributed by atoms with E-state index in [9.17, 15) is 23.5 Å². The number of carbonyl (C=O) groups is 1. The van der Waals surface area contributed by atoms with E-state index in [-0.39, 0.29) is 69.2 Å². The van der Waals surface area contributed by atoms with Crippen LogP contribution in [-0.4, -0.2) is 56.6 Å². The van der Waals surface area contributed by atoms with Crippen LogP contribution in [-0.2, 0) is 11.3 Å². The van der Waals surface area contributed by atoms with Crippen LogP contribution in [0.2, 0.25) is 0 Å². The van der Waals surface area contributed by atoms with Gasteiger partial charge in [-0.25, -0.2) is 13.8 Å². The van der Waals surface area contributed by atoms with Crippen LogP contribution in [0.1, 0.15) is 68.0 Å². The minimum atomic E-state index is -2.81. The first-order valence-electron chi connectivity index (χ1n) is 15.4. The van der Waals surface area contributed by atoms with Crippen LogP contribution in [0.4, 0.5) is 14.5 Å². The number of nitrogens with two attached hydrogens (primary N) is 1. The Balaban J connectivity index is 1.08. The molecule has 2 saturated heterocycles. The number of alkyl halides is 2. The molecule has 3 heterocycles. The molecule has 0 radical (unpaired) electrons. The summed E-state index contributed by atoms with van der Waals surface area (Å²) >= 11 is 0.